The summed E-state index contributed by atoms with van der Waals surface area (Å²) >= 11 is 0. The third kappa shape index (κ3) is 5.22. The molecule has 4 nitrogen and oxygen atoms in total. The van der Waals surface area contributed by atoms with Gasteiger partial charge in [-0.15, -0.1) is 0 Å². The van der Waals surface area contributed by atoms with Gasteiger partial charge in [0, 0.05) is 19.2 Å². The van der Waals surface area contributed by atoms with Crippen LogP contribution in [0.3, 0.4) is 0 Å². The van der Waals surface area contributed by atoms with E-state index in [1.807, 2.05) is 0 Å². The van der Waals surface area contributed by atoms with Crippen LogP contribution >= 0.6 is 0 Å². The Hall–Kier alpha value is -0.420. The molecule has 0 spiro atoms. The van der Waals surface area contributed by atoms with Crippen LogP contribution in [0.25, 0.3) is 0 Å². The molecule has 0 saturated carbocycles. The van der Waals surface area contributed by atoms with Gasteiger partial charge in [-0.25, -0.2) is 0 Å². The Morgan fingerprint density at radius 3 is 3.00 bits per heavy atom. The molecule has 1 fully saturated rings. The van der Waals surface area contributed by atoms with E-state index in [0.29, 0.717) is 31.0 Å². The van der Waals surface area contributed by atoms with E-state index < -0.39 is 6.10 Å². The fraction of sp³-hybridized carbons (Fsp3) is 0.867. The summed E-state index contributed by atoms with van der Waals surface area (Å²) in [6.45, 7) is 5.64. The van der Waals surface area contributed by atoms with Gasteiger partial charge >= 0.3 is 0 Å². The number of ether oxygens (including phenoxy) is 2. The average Bonchev–Trinajstić information content (AvgIpc) is 2.92. The molecule has 1 aliphatic carbocycles. The normalized spacial score (nSPS) is 32.6. The molecular weight excluding hydrogens is 242 g/mol. The molecule has 0 aromatic rings. The molecule has 1 saturated heterocycles. The SMILES string of the molecule is CC1CC=CCC1COCC(O)CNC1CCOC1. The lowest BCUT2D eigenvalue weighted by Gasteiger charge is -2.25. The number of hydrogen-bond donors (Lipinski definition) is 2. The van der Waals surface area contributed by atoms with E-state index in [1.54, 1.807) is 0 Å². The molecule has 0 aromatic heterocycles. The van der Waals surface area contributed by atoms with Crippen molar-refractivity contribution in [2.75, 3.05) is 33.0 Å². The van der Waals surface area contributed by atoms with Crippen LogP contribution in [0.5, 0.6) is 0 Å². The maximum Gasteiger partial charge on any atom is 0.0897 e. The minimum Gasteiger partial charge on any atom is -0.389 e. The maximum atomic E-state index is 9.86. The number of nitrogens with one attached hydrogen (secondary N) is 1. The van der Waals surface area contributed by atoms with Crippen LogP contribution in [0.15, 0.2) is 12.2 Å². The highest BCUT2D eigenvalue weighted by Crippen LogP contribution is 2.24. The molecule has 0 aromatic carbocycles. The fourth-order valence-electron chi connectivity index (χ4n) is 2.65. The number of aliphatic hydroxyl groups is 1. The summed E-state index contributed by atoms with van der Waals surface area (Å²) in [6, 6.07) is 0.401. The predicted molar refractivity (Wildman–Crippen MR) is 75.1 cm³/mol. The first kappa shape index (κ1) is 15.0. The predicted octanol–water partition coefficient (Wildman–Crippen LogP) is 1.34. The molecule has 2 aliphatic rings. The van der Waals surface area contributed by atoms with E-state index in [4.69, 9.17) is 9.47 Å². The molecule has 2 rings (SSSR count). The molecule has 4 atom stereocenters. The second kappa shape index (κ2) is 8.00. The van der Waals surface area contributed by atoms with Crippen LogP contribution in [-0.2, 0) is 9.47 Å². The third-order valence-corrected chi connectivity index (χ3v) is 4.13. The number of aliphatic hydroxyl groups excluding tert-OH is 1. The Morgan fingerprint density at radius 2 is 2.26 bits per heavy atom. The summed E-state index contributed by atoms with van der Waals surface area (Å²) in [5.74, 6) is 1.30. The van der Waals surface area contributed by atoms with Gasteiger partial charge in [-0.3, -0.25) is 0 Å². The summed E-state index contributed by atoms with van der Waals surface area (Å²) in [5, 5.41) is 13.2. The Labute approximate surface area is 116 Å². The third-order valence-electron chi connectivity index (χ3n) is 4.13. The van der Waals surface area contributed by atoms with Gasteiger partial charge in [-0.05, 0) is 31.1 Å². The van der Waals surface area contributed by atoms with Crippen molar-refractivity contribution in [2.45, 2.75) is 38.3 Å². The van der Waals surface area contributed by atoms with E-state index in [-0.39, 0.29) is 0 Å². The van der Waals surface area contributed by atoms with Gasteiger partial charge in [0.2, 0.25) is 0 Å². The maximum absolute atomic E-state index is 9.86. The Morgan fingerprint density at radius 1 is 1.42 bits per heavy atom. The topological polar surface area (TPSA) is 50.7 Å². The molecule has 0 radical (unpaired) electrons. The number of allylic oxidation sites excluding steroid dienone is 2. The first-order chi connectivity index (χ1) is 9.25. The van der Waals surface area contributed by atoms with E-state index in [0.717, 1.165) is 39.1 Å². The summed E-state index contributed by atoms with van der Waals surface area (Å²) in [5.41, 5.74) is 0. The highest BCUT2D eigenvalue weighted by Gasteiger charge is 2.19. The zero-order valence-corrected chi connectivity index (χ0v) is 11.9. The number of hydrogen-bond acceptors (Lipinski definition) is 4. The zero-order chi connectivity index (χ0) is 13.5. The smallest absolute Gasteiger partial charge is 0.0897 e. The van der Waals surface area contributed by atoms with Gasteiger partial charge in [0.15, 0.2) is 0 Å². The standard InChI is InChI=1S/C15H27NO3/c1-12-4-2-3-5-13(12)9-19-11-15(17)8-16-14-6-7-18-10-14/h2-3,12-17H,4-11H2,1H3. The first-order valence-corrected chi connectivity index (χ1v) is 7.47. The minimum atomic E-state index is -0.421. The van der Waals surface area contributed by atoms with Crippen molar-refractivity contribution < 1.29 is 14.6 Å². The van der Waals surface area contributed by atoms with Gasteiger partial charge < -0.3 is 19.9 Å². The van der Waals surface area contributed by atoms with Gasteiger partial charge in [0.1, 0.15) is 0 Å². The molecular formula is C15H27NO3. The van der Waals surface area contributed by atoms with Crippen molar-refractivity contribution in [1.82, 2.24) is 5.32 Å². The summed E-state index contributed by atoms with van der Waals surface area (Å²) in [7, 11) is 0. The monoisotopic (exact) mass is 269 g/mol. The van der Waals surface area contributed by atoms with Crippen molar-refractivity contribution in [2.24, 2.45) is 11.8 Å². The van der Waals surface area contributed by atoms with E-state index in [9.17, 15) is 5.11 Å². The van der Waals surface area contributed by atoms with Gasteiger partial charge in [0.25, 0.3) is 0 Å². The largest absolute Gasteiger partial charge is 0.389 e. The van der Waals surface area contributed by atoms with Crippen LogP contribution in [0.4, 0.5) is 0 Å². The Bertz CT molecular complexity index is 277. The molecule has 0 bridgehead atoms. The van der Waals surface area contributed by atoms with Crippen molar-refractivity contribution >= 4 is 0 Å². The Balaban J connectivity index is 1.53. The molecule has 2 N–H and O–H groups in total. The quantitative estimate of drug-likeness (QED) is 0.685. The van der Waals surface area contributed by atoms with Crippen LogP contribution < -0.4 is 5.32 Å². The lowest BCUT2D eigenvalue weighted by atomic mass is 9.85. The summed E-state index contributed by atoms with van der Waals surface area (Å²) in [6.07, 6.45) is 7.37. The van der Waals surface area contributed by atoms with Crippen LogP contribution in [0.1, 0.15) is 26.2 Å². The highest BCUT2D eigenvalue weighted by atomic mass is 16.5. The fourth-order valence-corrected chi connectivity index (χ4v) is 2.65. The van der Waals surface area contributed by atoms with E-state index >= 15 is 0 Å². The molecule has 1 heterocycles. The van der Waals surface area contributed by atoms with Crippen molar-refractivity contribution in [1.29, 1.82) is 0 Å². The van der Waals surface area contributed by atoms with Crippen LogP contribution in [0, 0.1) is 11.8 Å². The minimum absolute atomic E-state index is 0.401. The van der Waals surface area contributed by atoms with Crippen LogP contribution in [-0.4, -0.2) is 50.2 Å². The van der Waals surface area contributed by atoms with E-state index in [2.05, 4.69) is 24.4 Å². The molecule has 1 aliphatic heterocycles. The number of rotatable bonds is 7. The van der Waals surface area contributed by atoms with Crippen molar-refractivity contribution in [3.8, 4) is 0 Å². The second-order valence-corrected chi connectivity index (χ2v) is 5.84. The van der Waals surface area contributed by atoms with Gasteiger partial charge in [-0.2, -0.15) is 0 Å². The molecule has 19 heavy (non-hydrogen) atoms. The van der Waals surface area contributed by atoms with Crippen LogP contribution in [0.2, 0.25) is 0 Å². The van der Waals surface area contributed by atoms with Gasteiger partial charge in [-0.1, -0.05) is 19.1 Å². The van der Waals surface area contributed by atoms with Gasteiger partial charge in [0.05, 0.1) is 25.9 Å². The molecule has 4 unspecified atom stereocenters. The summed E-state index contributed by atoms with van der Waals surface area (Å²) < 4.78 is 10.9. The Kier molecular flexibility index (Phi) is 6.31. The lowest BCUT2D eigenvalue weighted by Crippen LogP contribution is -2.38. The first-order valence-electron chi connectivity index (χ1n) is 7.47. The molecule has 110 valence electrons. The van der Waals surface area contributed by atoms with E-state index in [1.165, 1.54) is 0 Å². The zero-order valence-electron chi connectivity index (χ0n) is 11.9. The highest BCUT2D eigenvalue weighted by molar-refractivity contribution is 4.93. The summed E-state index contributed by atoms with van der Waals surface area (Å²) in [4.78, 5) is 0. The average molecular weight is 269 g/mol. The van der Waals surface area contributed by atoms with Crippen molar-refractivity contribution in [3.63, 3.8) is 0 Å². The van der Waals surface area contributed by atoms with Crippen molar-refractivity contribution in [3.05, 3.63) is 12.2 Å². The second-order valence-electron chi connectivity index (χ2n) is 5.84. The molecule has 0 amide bonds. The lowest BCUT2D eigenvalue weighted by molar-refractivity contribution is 0.0118. The molecule has 4 heteroatoms.